The van der Waals surface area contributed by atoms with Gasteiger partial charge in [0, 0.05) is 25.8 Å². The van der Waals surface area contributed by atoms with Crippen LogP contribution in [-0.2, 0) is 27.5 Å². The van der Waals surface area contributed by atoms with Crippen LogP contribution in [0.5, 0.6) is 17.2 Å². The standard InChI is InChI=1S/C22H16ClF5N2O7/c1-30-17(22(26,27)28)16(18(31)29-21(30)33)10-7-14(11(23)8-12(10)25)36-13-5-4-9(24)6-15(13)37-20(35-3)19(32)34-2/h4-8,20H,1-3H3,(H,29,31,33). The Morgan fingerprint density at radius 3 is 2.32 bits per heavy atom. The third-order valence-corrected chi connectivity index (χ3v) is 5.15. The lowest BCUT2D eigenvalue weighted by Gasteiger charge is -2.19. The second-order valence-electron chi connectivity index (χ2n) is 7.20. The normalized spacial score (nSPS) is 12.2. The van der Waals surface area contributed by atoms with Crippen molar-refractivity contribution in [2.45, 2.75) is 12.5 Å². The molecule has 1 N–H and O–H groups in total. The summed E-state index contributed by atoms with van der Waals surface area (Å²) in [5, 5.41) is -0.456. The number of nitrogens with zero attached hydrogens (tertiary/aromatic N) is 1. The lowest BCUT2D eigenvalue weighted by Crippen LogP contribution is -2.35. The Labute approximate surface area is 208 Å². The van der Waals surface area contributed by atoms with Gasteiger partial charge in [-0.15, -0.1) is 0 Å². The van der Waals surface area contributed by atoms with Crippen LogP contribution in [0.1, 0.15) is 5.69 Å². The Morgan fingerprint density at radius 2 is 1.73 bits per heavy atom. The van der Waals surface area contributed by atoms with Crippen LogP contribution < -0.4 is 20.7 Å². The Bertz CT molecular complexity index is 1470. The van der Waals surface area contributed by atoms with E-state index in [-0.39, 0.29) is 10.3 Å². The molecule has 0 radical (unpaired) electrons. The van der Waals surface area contributed by atoms with Gasteiger partial charge in [0.05, 0.1) is 17.7 Å². The molecule has 0 spiro atoms. The predicted molar refractivity (Wildman–Crippen MR) is 118 cm³/mol. The molecule has 3 rings (SSSR count). The number of carbonyl (C=O) groups excluding carboxylic acids is 1. The number of aromatic nitrogens is 2. The summed E-state index contributed by atoms with van der Waals surface area (Å²) in [6.45, 7) is 0. The molecule has 0 bridgehead atoms. The molecule has 1 aromatic heterocycles. The summed E-state index contributed by atoms with van der Waals surface area (Å²) < 4.78 is 90.2. The van der Waals surface area contributed by atoms with Gasteiger partial charge in [0.2, 0.25) is 0 Å². The molecule has 0 amide bonds. The fraction of sp³-hybridized carbons (Fsp3) is 0.227. The highest BCUT2D eigenvalue weighted by Crippen LogP contribution is 2.41. The lowest BCUT2D eigenvalue weighted by atomic mass is 10.0. The largest absolute Gasteiger partial charge is 0.464 e. The molecule has 0 aliphatic carbocycles. The Morgan fingerprint density at radius 1 is 1.05 bits per heavy atom. The molecule has 1 atom stereocenters. The maximum Gasteiger partial charge on any atom is 0.432 e. The van der Waals surface area contributed by atoms with Crippen molar-refractivity contribution < 1.29 is 45.7 Å². The van der Waals surface area contributed by atoms with E-state index in [4.69, 9.17) is 25.8 Å². The summed E-state index contributed by atoms with van der Waals surface area (Å²) in [7, 11) is 2.87. The predicted octanol–water partition coefficient (Wildman–Crippen LogP) is 4.01. The van der Waals surface area contributed by atoms with Crippen molar-refractivity contribution in [3.63, 3.8) is 0 Å². The number of H-pyrrole nitrogens is 1. The second-order valence-corrected chi connectivity index (χ2v) is 7.61. The SMILES string of the molecule is COC(=O)C(OC)Oc1cc(F)ccc1Oc1cc(-c2c(C(F)(F)F)n(C)c(=O)[nH]c2=O)c(F)cc1Cl. The quantitative estimate of drug-likeness (QED) is 0.269. The number of ether oxygens (including phenoxy) is 4. The van der Waals surface area contributed by atoms with Crippen molar-refractivity contribution >= 4 is 17.6 Å². The molecule has 0 aliphatic heterocycles. The number of alkyl halides is 3. The summed E-state index contributed by atoms with van der Waals surface area (Å²) in [5.74, 6) is -4.39. The number of aromatic amines is 1. The van der Waals surface area contributed by atoms with Crippen LogP contribution >= 0.6 is 11.6 Å². The molecule has 1 unspecified atom stereocenters. The topological polar surface area (TPSA) is 109 Å². The van der Waals surface area contributed by atoms with Gasteiger partial charge in [0.1, 0.15) is 23.1 Å². The summed E-state index contributed by atoms with van der Waals surface area (Å²) in [4.78, 5) is 37.6. The van der Waals surface area contributed by atoms with Gasteiger partial charge in [-0.1, -0.05) is 11.6 Å². The van der Waals surface area contributed by atoms with Crippen LogP contribution in [0.4, 0.5) is 22.0 Å². The third kappa shape index (κ3) is 5.75. The van der Waals surface area contributed by atoms with E-state index in [1.165, 1.54) is 0 Å². The fourth-order valence-corrected chi connectivity index (χ4v) is 3.37. The summed E-state index contributed by atoms with van der Waals surface area (Å²) in [6.07, 6.45) is -6.89. The highest BCUT2D eigenvalue weighted by Gasteiger charge is 2.39. The van der Waals surface area contributed by atoms with Gasteiger partial charge in [0.15, 0.2) is 11.5 Å². The van der Waals surface area contributed by atoms with Crippen molar-refractivity contribution in [2.24, 2.45) is 7.05 Å². The number of hydrogen-bond acceptors (Lipinski definition) is 7. The number of esters is 1. The number of benzene rings is 2. The van der Waals surface area contributed by atoms with E-state index < -0.39 is 74.7 Å². The number of rotatable bonds is 7. The average molecular weight is 551 g/mol. The molecule has 0 saturated heterocycles. The number of halogens is 6. The average Bonchev–Trinajstić information content (AvgIpc) is 2.81. The Kier molecular flexibility index (Phi) is 7.93. The highest BCUT2D eigenvalue weighted by atomic mass is 35.5. The summed E-state index contributed by atoms with van der Waals surface area (Å²) >= 11 is 6.01. The molecule has 15 heteroatoms. The van der Waals surface area contributed by atoms with Crippen molar-refractivity contribution in [2.75, 3.05) is 14.2 Å². The smallest absolute Gasteiger partial charge is 0.432 e. The molecule has 37 heavy (non-hydrogen) atoms. The van der Waals surface area contributed by atoms with Crippen molar-refractivity contribution in [1.29, 1.82) is 0 Å². The van der Waals surface area contributed by atoms with Crippen LogP contribution in [-0.4, -0.2) is 36.0 Å². The first-order valence-electron chi connectivity index (χ1n) is 9.93. The zero-order valence-corrected chi connectivity index (χ0v) is 19.8. The molecule has 0 aliphatic rings. The molecule has 0 saturated carbocycles. The summed E-state index contributed by atoms with van der Waals surface area (Å²) in [5.41, 5.74) is -6.74. The van der Waals surface area contributed by atoms with E-state index in [2.05, 4.69) is 4.74 Å². The molecule has 198 valence electrons. The first-order chi connectivity index (χ1) is 17.3. The van der Waals surface area contributed by atoms with Gasteiger partial charge in [-0.25, -0.2) is 18.4 Å². The zero-order valence-electron chi connectivity index (χ0n) is 19.0. The van der Waals surface area contributed by atoms with E-state index in [1.54, 1.807) is 4.98 Å². The Balaban J connectivity index is 2.17. The lowest BCUT2D eigenvalue weighted by molar-refractivity contribution is -0.170. The van der Waals surface area contributed by atoms with E-state index in [1.807, 2.05) is 0 Å². The number of carbonyl (C=O) groups is 1. The minimum absolute atomic E-state index is 0.106. The van der Waals surface area contributed by atoms with Crippen molar-refractivity contribution in [3.05, 3.63) is 73.5 Å². The van der Waals surface area contributed by atoms with Crippen LogP contribution in [0.3, 0.4) is 0 Å². The maximum absolute atomic E-state index is 14.8. The molecule has 2 aromatic carbocycles. The third-order valence-electron chi connectivity index (χ3n) is 4.85. The van der Waals surface area contributed by atoms with Gasteiger partial charge >= 0.3 is 17.8 Å². The molecule has 0 fully saturated rings. The van der Waals surface area contributed by atoms with Crippen LogP contribution in [0.2, 0.25) is 5.02 Å². The van der Waals surface area contributed by atoms with Crippen LogP contribution in [0.15, 0.2) is 39.9 Å². The van der Waals surface area contributed by atoms with Crippen molar-refractivity contribution in [3.8, 4) is 28.4 Å². The molecule has 3 aromatic rings. The van der Waals surface area contributed by atoms with Gasteiger partial charge in [-0.2, -0.15) is 13.2 Å². The second kappa shape index (κ2) is 10.6. The minimum atomic E-state index is -5.23. The van der Waals surface area contributed by atoms with E-state index in [0.29, 0.717) is 12.1 Å². The van der Waals surface area contributed by atoms with Crippen molar-refractivity contribution in [1.82, 2.24) is 9.55 Å². The minimum Gasteiger partial charge on any atom is -0.464 e. The number of hydrogen-bond donors (Lipinski definition) is 1. The van der Waals surface area contributed by atoms with E-state index in [0.717, 1.165) is 39.5 Å². The number of nitrogens with one attached hydrogen (secondary N) is 1. The first-order valence-corrected chi connectivity index (χ1v) is 10.3. The van der Waals surface area contributed by atoms with E-state index in [9.17, 15) is 36.3 Å². The van der Waals surface area contributed by atoms with Gasteiger partial charge < -0.3 is 18.9 Å². The molecular formula is C22H16ClF5N2O7. The fourth-order valence-electron chi connectivity index (χ4n) is 3.18. The van der Waals surface area contributed by atoms with Gasteiger partial charge in [-0.3, -0.25) is 14.3 Å². The van der Waals surface area contributed by atoms with Crippen LogP contribution in [0.25, 0.3) is 11.1 Å². The van der Waals surface area contributed by atoms with Crippen LogP contribution in [0, 0.1) is 11.6 Å². The molecular weight excluding hydrogens is 535 g/mol. The first kappa shape index (κ1) is 27.7. The molecule has 9 nitrogen and oxygen atoms in total. The summed E-state index contributed by atoms with van der Waals surface area (Å²) in [6, 6.07) is 3.99. The number of methoxy groups -OCH3 is 2. The monoisotopic (exact) mass is 550 g/mol. The highest BCUT2D eigenvalue weighted by molar-refractivity contribution is 6.32. The maximum atomic E-state index is 14.8. The Hall–Kier alpha value is -3.91. The van der Waals surface area contributed by atoms with Gasteiger partial charge in [0.25, 0.3) is 11.8 Å². The van der Waals surface area contributed by atoms with Gasteiger partial charge in [-0.05, 0) is 24.3 Å². The van der Waals surface area contributed by atoms with E-state index >= 15 is 0 Å². The molecule has 1 heterocycles. The zero-order chi connectivity index (χ0) is 27.7.